The Bertz CT molecular complexity index is 518. The van der Waals surface area contributed by atoms with E-state index in [1.165, 1.54) is 0 Å². The van der Waals surface area contributed by atoms with Crippen molar-refractivity contribution in [1.82, 2.24) is 0 Å². The van der Waals surface area contributed by atoms with E-state index in [9.17, 15) is 13.5 Å². The molecule has 2 unspecified atom stereocenters. The third-order valence-electron chi connectivity index (χ3n) is 3.19. The molecule has 2 atom stereocenters. The largest absolute Gasteiger partial charge is 0.392 e. The van der Waals surface area contributed by atoms with Crippen LogP contribution in [0.3, 0.4) is 0 Å². The Hall–Kier alpha value is -0.590. The highest BCUT2D eigenvalue weighted by Crippen LogP contribution is 2.28. The van der Waals surface area contributed by atoms with Crippen LogP contribution in [-0.2, 0) is 10.0 Å². The molecule has 0 aromatic heterocycles. The van der Waals surface area contributed by atoms with Crippen molar-refractivity contribution in [3.8, 4) is 0 Å². The summed E-state index contributed by atoms with van der Waals surface area (Å²) in [4.78, 5) is 0. The topological polar surface area (TPSA) is 66.4 Å². The first-order chi connectivity index (χ1) is 8.50. The summed E-state index contributed by atoms with van der Waals surface area (Å²) in [5.74, 6) is 0. The molecule has 1 saturated carbocycles. The maximum absolute atomic E-state index is 12.2. The first-order valence-corrected chi connectivity index (χ1v) is 8.29. The zero-order chi connectivity index (χ0) is 13.2. The molecule has 0 heterocycles. The monoisotopic (exact) mass is 333 g/mol. The minimum atomic E-state index is -3.54. The van der Waals surface area contributed by atoms with Crippen LogP contribution in [0.5, 0.6) is 0 Å². The van der Waals surface area contributed by atoms with Gasteiger partial charge in [0.05, 0.1) is 11.8 Å². The number of para-hydroxylation sites is 1. The Morgan fingerprint density at radius 2 is 1.89 bits per heavy atom. The number of aliphatic hydroxyl groups excluding tert-OH is 1. The van der Waals surface area contributed by atoms with Crippen LogP contribution in [0, 0.1) is 0 Å². The summed E-state index contributed by atoms with van der Waals surface area (Å²) in [7, 11) is -3.54. The lowest BCUT2D eigenvalue weighted by Crippen LogP contribution is -2.40. The summed E-state index contributed by atoms with van der Waals surface area (Å²) in [6.07, 6.45) is 2.04. The Balaban J connectivity index is 2.19. The standard InChI is InChI=1S/C12H16BrNO3S/c13-9-5-1-2-6-10(9)14-18(16,17)12-8-4-3-7-11(12)15/h1-2,5-6,11-12,14-15H,3-4,7-8H2. The highest BCUT2D eigenvalue weighted by Gasteiger charge is 2.34. The van der Waals surface area contributed by atoms with E-state index >= 15 is 0 Å². The minimum absolute atomic E-state index is 0.510. The highest BCUT2D eigenvalue weighted by molar-refractivity contribution is 9.10. The van der Waals surface area contributed by atoms with E-state index < -0.39 is 21.4 Å². The summed E-state index contributed by atoms with van der Waals surface area (Å²) in [6, 6.07) is 7.04. The van der Waals surface area contributed by atoms with Crippen LogP contribution in [0.15, 0.2) is 28.7 Å². The molecule has 0 radical (unpaired) electrons. The molecule has 1 aromatic rings. The molecule has 0 amide bonds. The van der Waals surface area contributed by atoms with Gasteiger partial charge < -0.3 is 5.11 Å². The normalized spacial score (nSPS) is 24.8. The van der Waals surface area contributed by atoms with Gasteiger partial charge in [0.2, 0.25) is 10.0 Å². The van der Waals surface area contributed by atoms with E-state index in [-0.39, 0.29) is 0 Å². The fourth-order valence-corrected chi connectivity index (χ4v) is 4.39. The van der Waals surface area contributed by atoms with Crippen LogP contribution in [0.2, 0.25) is 0 Å². The number of hydrogen-bond donors (Lipinski definition) is 2. The van der Waals surface area contributed by atoms with E-state index in [0.29, 0.717) is 23.0 Å². The molecule has 1 aliphatic rings. The summed E-state index contributed by atoms with van der Waals surface area (Å²) in [5, 5.41) is 9.11. The van der Waals surface area contributed by atoms with Crippen molar-refractivity contribution < 1.29 is 13.5 Å². The van der Waals surface area contributed by atoms with Crippen molar-refractivity contribution >= 4 is 31.6 Å². The number of sulfonamides is 1. The van der Waals surface area contributed by atoms with Crippen LogP contribution in [0.25, 0.3) is 0 Å². The molecule has 0 bridgehead atoms. The van der Waals surface area contributed by atoms with Crippen molar-refractivity contribution in [3.05, 3.63) is 28.7 Å². The smallest absolute Gasteiger partial charge is 0.238 e. The van der Waals surface area contributed by atoms with Gasteiger partial charge in [0.15, 0.2) is 0 Å². The quantitative estimate of drug-likeness (QED) is 0.893. The van der Waals surface area contributed by atoms with Gasteiger partial charge in [0.25, 0.3) is 0 Å². The molecule has 2 rings (SSSR count). The predicted molar refractivity (Wildman–Crippen MR) is 74.9 cm³/mol. The van der Waals surface area contributed by atoms with E-state index in [1.807, 2.05) is 6.07 Å². The van der Waals surface area contributed by atoms with Crippen LogP contribution in [-0.4, -0.2) is 24.9 Å². The van der Waals surface area contributed by atoms with Crippen molar-refractivity contribution in [1.29, 1.82) is 0 Å². The molecule has 100 valence electrons. The second kappa shape index (κ2) is 5.59. The van der Waals surface area contributed by atoms with Crippen molar-refractivity contribution in [2.45, 2.75) is 37.0 Å². The Labute approximate surface area is 116 Å². The number of aliphatic hydroxyl groups is 1. The second-order valence-electron chi connectivity index (χ2n) is 4.52. The van der Waals surface area contributed by atoms with E-state index in [2.05, 4.69) is 20.7 Å². The summed E-state index contributed by atoms with van der Waals surface area (Å²) < 4.78 is 27.7. The van der Waals surface area contributed by atoms with Gasteiger partial charge >= 0.3 is 0 Å². The zero-order valence-corrected chi connectivity index (χ0v) is 12.2. The lowest BCUT2D eigenvalue weighted by molar-refractivity contribution is 0.133. The Kier molecular flexibility index (Phi) is 4.29. The first-order valence-electron chi connectivity index (χ1n) is 5.95. The van der Waals surface area contributed by atoms with E-state index in [1.54, 1.807) is 18.2 Å². The Morgan fingerprint density at radius 3 is 2.56 bits per heavy atom. The van der Waals surface area contributed by atoms with Crippen molar-refractivity contribution in [3.63, 3.8) is 0 Å². The minimum Gasteiger partial charge on any atom is -0.392 e. The van der Waals surface area contributed by atoms with Gasteiger partial charge in [-0.2, -0.15) is 0 Å². The molecule has 18 heavy (non-hydrogen) atoms. The van der Waals surface area contributed by atoms with Crippen LogP contribution < -0.4 is 4.72 Å². The first kappa shape index (κ1) is 13.8. The number of halogens is 1. The number of anilines is 1. The van der Waals surface area contributed by atoms with Crippen LogP contribution >= 0.6 is 15.9 Å². The SMILES string of the molecule is O=S(=O)(Nc1ccccc1Br)C1CCCCC1O. The maximum atomic E-state index is 12.2. The molecule has 0 saturated heterocycles. The summed E-state index contributed by atoms with van der Waals surface area (Å²) in [5.41, 5.74) is 0.510. The molecule has 0 spiro atoms. The molecule has 1 aromatic carbocycles. The van der Waals surface area contributed by atoms with Crippen molar-refractivity contribution in [2.75, 3.05) is 4.72 Å². The molecule has 1 fully saturated rings. The molecule has 2 N–H and O–H groups in total. The third kappa shape index (κ3) is 3.05. The number of rotatable bonds is 3. The Morgan fingerprint density at radius 1 is 1.22 bits per heavy atom. The van der Waals surface area contributed by atoms with E-state index in [4.69, 9.17) is 0 Å². The van der Waals surface area contributed by atoms with Gasteiger partial charge in [-0.05, 0) is 40.9 Å². The predicted octanol–water partition coefficient (Wildman–Crippen LogP) is 2.49. The highest BCUT2D eigenvalue weighted by atomic mass is 79.9. The van der Waals surface area contributed by atoms with Gasteiger partial charge in [-0.3, -0.25) is 4.72 Å². The lowest BCUT2D eigenvalue weighted by atomic mass is 9.97. The second-order valence-corrected chi connectivity index (χ2v) is 7.27. The van der Waals surface area contributed by atoms with Gasteiger partial charge in [-0.1, -0.05) is 25.0 Å². The molecule has 6 heteroatoms. The average molecular weight is 334 g/mol. The maximum Gasteiger partial charge on any atom is 0.238 e. The fourth-order valence-electron chi connectivity index (χ4n) is 2.21. The molecule has 4 nitrogen and oxygen atoms in total. The zero-order valence-electron chi connectivity index (χ0n) is 9.84. The van der Waals surface area contributed by atoms with Gasteiger partial charge in [-0.15, -0.1) is 0 Å². The molecular weight excluding hydrogens is 318 g/mol. The average Bonchev–Trinajstić information content (AvgIpc) is 2.32. The molecule has 0 aliphatic heterocycles. The van der Waals surface area contributed by atoms with Gasteiger partial charge in [0, 0.05) is 4.47 Å². The van der Waals surface area contributed by atoms with Crippen molar-refractivity contribution in [2.24, 2.45) is 0 Å². The number of hydrogen-bond acceptors (Lipinski definition) is 3. The summed E-state index contributed by atoms with van der Waals surface area (Å²) >= 11 is 3.30. The van der Waals surface area contributed by atoms with E-state index in [0.717, 1.165) is 12.8 Å². The number of nitrogens with one attached hydrogen (secondary N) is 1. The summed E-state index contributed by atoms with van der Waals surface area (Å²) in [6.45, 7) is 0. The van der Waals surface area contributed by atoms with Gasteiger partial charge in [-0.25, -0.2) is 8.42 Å². The number of benzene rings is 1. The van der Waals surface area contributed by atoms with Gasteiger partial charge in [0.1, 0.15) is 5.25 Å². The fraction of sp³-hybridized carbons (Fsp3) is 0.500. The molecule has 1 aliphatic carbocycles. The lowest BCUT2D eigenvalue weighted by Gasteiger charge is -2.27. The van der Waals surface area contributed by atoms with Crippen LogP contribution in [0.1, 0.15) is 25.7 Å². The third-order valence-corrected chi connectivity index (χ3v) is 5.74. The van der Waals surface area contributed by atoms with Crippen LogP contribution in [0.4, 0.5) is 5.69 Å². The molecular formula is C12H16BrNO3S.